The van der Waals surface area contributed by atoms with E-state index in [0.717, 1.165) is 30.9 Å². The maximum atomic E-state index is 12.1. The van der Waals surface area contributed by atoms with Crippen molar-refractivity contribution in [1.29, 1.82) is 0 Å². The van der Waals surface area contributed by atoms with E-state index in [-0.39, 0.29) is 18.6 Å². The minimum atomic E-state index is -0.0473. The van der Waals surface area contributed by atoms with Crippen molar-refractivity contribution in [3.05, 3.63) is 46.8 Å². The summed E-state index contributed by atoms with van der Waals surface area (Å²) in [6.07, 6.45) is 4.45. The summed E-state index contributed by atoms with van der Waals surface area (Å²) in [6, 6.07) is 7.77. The lowest BCUT2D eigenvalue weighted by molar-refractivity contribution is -0.125. The van der Waals surface area contributed by atoms with E-state index in [1.54, 1.807) is 11.1 Å². The van der Waals surface area contributed by atoms with Gasteiger partial charge in [0.05, 0.1) is 35.1 Å². The van der Waals surface area contributed by atoms with Crippen molar-refractivity contribution in [3.63, 3.8) is 0 Å². The first-order chi connectivity index (χ1) is 16.5. The molecule has 34 heavy (non-hydrogen) atoms. The Morgan fingerprint density at radius 1 is 1.24 bits per heavy atom. The predicted molar refractivity (Wildman–Crippen MR) is 132 cm³/mol. The summed E-state index contributed by atoms with van der Waals surface area (Å²) in [5.74, 6) is 0.772. The zero-order valence-electron chi connectivity index (χ0n) is 18.7. The van der Waals surface area contributed by atoms with Gasteiger partial charge in [-0.3, -0.25) is 9.48 Å². The Morgan fingerprint density at radius 2 is 2.06 bits per heavy atom. The number of benzene rings is 1. The first-order valence-electron chi connectivity index (χ1n) is 11.2. The van der Waals surface area contributed by atoms with E-state index >= 15 is 0 Å². The fourth-order valence-electron chi connectivity index (χ4n) is 4.35. The van der Waals surface area contributed by atoms with E-state index in [0.29, 0.717) is 46.5 Å². The van der Waals surface area contributed by atoms with Gasteiger partial charge in [0.1, 0.15) is 6.61 Å². The van der Waals surface area contributed by atoms with Crippen LogP contribution in [0, 0.1) is 5.92 Å². The maximum Gasteiger partial charge on any atom is 0.253 e. The number of hydrogen-bond donors (Lipinski definition) is 2. The van der Waals surface area contributed by atoms with E-state index in [4.69, 9.17) is 27.9 Å². The molecule has 0 saturated carbocycles. The molecule has 3 aromatic rings. The fourth-order valence-corrected chi connectivity index (χ4v) is 4.77. The third-order valence-electron chi connectivity index (χ3n) is 6.19. The lowest BCUT2D eigenvalue weighted by atomic mass is 9.95. The van der Waals surface area contributed by atoms with E-state index in [1.165, 1.54) is 0 Å². The van der Waals surface area contributed by atoms with Gasteiger partial charge in [-0.25, -0.2) is 9.97 Å². The van der Waals surface area contributed by atoms with Crippen molar-refractivity contribution >= 4 is 46.4 Å². The zero-order valence-corrected chi connectivity index (χ0v) is 20.2. The van der Waals surface area contributed by atoms with Gasteiger partial charge in [0, 0.05) is 24.1 Å². The molecular formula is C23H25Cl2N7O2. The number of piperidine rings is 1. The Balaban J connectivity index is 1.36. The SMILES string of the molecule is C[C@H]1CNCC[C@@H]1n1cc(-c2nc(Nc3ccc(N4CCOCC4=O)cc3)ncc2Cl)c(Cl)n1. The number of rotatable bonds is 5. The molecule has 4 heterocycles. The van der Waals surface area contributed by atoms with Crippen LogP contribution in [0.15, 0.2) is 36.7 Å². The first-order valence-corrected chi connectivity index (χ1v) is 12.0. The number of hydrogen-bond acceptors (Lipinski definition) is 7. The van der Waals surface area contributed by atoms with Gasteiger partial charge in [0.2, 0.25) is 5.95 Å². The number of aromatic nitrogens is 4. The fraction of sp³-hybridized carbons (Fsp3) is 0.391. The van der Waals surface area contributed by atoms with Crippen LogP contribution in [0.5, 0.6) is 0 Å². The van der Waals surface area contributed by atoms with Gasteiger partial charge in [-0.2, -0.15) is 5.10 Å². The Labute approximate surface area is 207 Å². The number of morpholine rings is 1. The molecule has 2 saturated heterocycles. The van der Waals surface area contributed by atoms with Gasteiger partial charge in [-0.05, 0) is 49.7 Å². The topological polar surface area (TPSA) is 97.2 Å². The second-order valence-corrected chi connectivity index (χ2v) is 9.28. The van der Waals surface area contributed by atoms with E-state index < -0.39 is 0 Å². The summed E-state index contributed by atoms with van der Waals surface area (Å²) in [5, 5.41) is 11.9. The van der Waals surface area contributed by atoms with Crippen LogP contribution in [0.25, 0.3) is 11.3 Å². The van der Waals surface area contributed by atoms with Gasteiger partial charge >= 0.3 is 0 Å². The molecule has 1 aromatic carbocycles. The molecule has 5 rings (SSSR count). The molecule has 0 aliphatic carbocycles. The van der Waals surface area contributed by atoms with Crippen molar-refractivity contribution in [1.82, 2.24) is 25.1 Å². The average Bonchev–Trinajstić information content (AvgIpc) is 3.22. The minimum Gasteiger partial charge on any atom is -0.370 e. The quantitative estimate of drug-likeness (QED) is 0.546. The summed E-state index contributed by atoms with van der Waals surface area (Å²) >= 11 is 12.9. The molecule has 178 valence electrons. The van der Waals surface area contributed by atoms with E-state index in [2.05, 4.69) is 32.6 Å². The summed E-state index contributed by atoms with van der Waals surface area (Å²) < 4.78 is 7.12. The van der Waals surface area contributed by atoms with Crippen molar-refractivity contribution < 1.29 is 9.53 Å². The maximum absolute atomic E-state index is 12.1. The average molecular weight is 502 g/mol. The summed E-state index contributed by atoms with van der Waals surface area (Å²) in [6.45, 7) is 5.27. The van der Waals surface area contributed by atoms with Crippen LogP contribution in [0.2, 0.25) is 10.2 Å². The molecule has 0 unspecified atom stereocenters. The Morgan fingerprint density at radius 3 is 2.82 bits per heavy atom. The van der Waals surface area contributed by atoms with Crippen LogP contribution < -0.4 is 15.5 Å². The smallest absolute Gasteiger partial charge is 0.253 e. The lowest BCUT2D eigenvalue weighted by Gasteiger charge is -2.29. The zero-order chi connectivity index (χ0) is 23.7. The Bertz CT molecular complexity index is 1180. The number of carbonyl (C=O) groups is 1. The van der Waals surface area contributed by atoms with Crippen LogP contribution in [-0.2, 0) is 9.53 Å². The highest BCUT2D eigenvalue weighted by molar-refractivity contribution is 6.35. The van der Waals surface area contributed by atoms with Gasteiger partial charge in [-0.1, -0.05) is 30.1 Å². The minimum absolute atomic E-state index is 0.0473. The number of carbonyl (C=O) groups excluding carboxylic acids is 1. The van der Waals surface area contributed by atoms with Gasteiger partial charge < -0.3 is 20.3 Å². The molecule has 0 radical (unpaired) electrons. The number of nitrogens with zero attached hydrogens (tertiary/aromatic N) is 5. The molecule has 0 spiro atoms. The van der Waals surface area contributed by atoms with E-state index in [1.807, 2.05) is 35.1 Å². The molecule has 0 bridgehead atoms. The second-order valence-electron chi connectivity index (χ2n) is 8.51. The largest absolute Gasteiger partial charge is 0.370 e. The van der Waals surface area contributed by atoms with Crippen LogP contribution in [0.3, 0.4) is 0 Å². The van der Waals surface area contributed by atoms with Crippen LogP contribution in [-0.4, -0.2) is 58.5 Å². The highest BCUT2D eigenvalue weighted by Crippen LogP contribution is 2.34. The number of halogens is 2. The number of nitrogens with one attached hydrogen (secondary N) is 2. The monoisotopic (exact) mass is 501 g/mol. The number of ether oxygens (including phenoxy) is 1. The van der Waals surface area contributed by atoms with Crippen LogP contribution >= 0.6 is 23.2 Å². The molecule has 2 fully saturated rings. The Kier molecular flexibility index (Phi) is 6.69. The highest BCUT2D eigenvalue weighted by Gasteiger charge is 2.26. The van der Waals surface area contributed by atoms with Crippen molar-refractivity contribution in [2.24, 2.45) is 5.92 Å². The third-order valence-corrected chi connectivity index (χ3v) is 6.74. The second kappa shape index (κ2) is 9.87. The number of amides is 1. The van der Waals surface area contributed by atoms with Crippen LogP contribution in [0.4, 0.5) is 17.3 Å². The molecule has 2 aromatic heterocycles. The van der Waals surface area contributed by atoms with Crippen LogP contribution in [0.1, 0.15) is 19.4 Å². The van der Waals surface area contributed by atoms with Gasteiger partial charge in [-0.15, -0.1) is 0 Å². The molecule has 2 atom stereocenters. The molecule has 9 nitrogen and oxygen atoms in total. The Hall–Kier alpha value is -2.72. The lowest BCUT2D eigenvalue weighted by Crippen LogP contribution is -2.41. The highest BCUT2D eigenvalue weighted by atomic mass is 35.5. The normalized spacial score (nSPS) is 21.0. The number of anilines is 3. The molecule has 1 amide bonds. The summed E-state index contributed by atoms with van der Waals surface area (Å²) in [5.41, 5.74) is 2.79. The molecule has 2 aliphatic heterocycles. The van der Waals surface area contributed by atoms with Gasteiger partial charge in [0.15, 0.2) is 5.15 Å². The third kappa shape index (κ3) is 4.74. The van der Waals surface area contributed by atoms with Crippen molar-refractivity contribution in [2.75, 3.05) is 43.1 Å². The standard InChI is InChI=1S/C23H25Cl2N7O2/c1-14-10-26-7-6-19(14)32-12-17(22(25)30-32)21-18(24)11-27-23(29-21)28-15-2-4-16(5-3-15)31-8-9-34-13-20(31)33/h2-5,11-12,14,19,26H,6-10,13H2,1H3,(H,27,28,29)/t14-,19-/m0/s1. The first kappa shape index (κ1) is 23.0. The predicted octanol–water partition coefficient (Wildman–Crippen LogP) is 3.92. The van der Waals surface area contributed by atoms with Crippen molar-refractivity contribution in [2.45, 2.75) is 19.4 Å². The molecule has 2 N–H and O–H groups in total. The molecular weight excluding hydrogens is 477 g/mol. The van der Waals surface area contributed by atoms with Gasteiger partial charge in [0.25, 0.3) is 5.91 Å². The summed E-state index contributed by atoms with van der Waals surface area (Å²) in [4.78, 5) is 22.7. The summed E-state index contributed by atoms with van der Waals surface area (Å²) in [7, 11) is 0. The molecule has 11 heteroatoms. The molecule has 2 aliphatic rings. The van der Waals surface area contributed by atoms with E-state index in [9.17, 15) is 4.79 Å². The van der Waals surface area contributed by atoms with Crippen molar-refractivity contribution in [3.8, 4) is 11.3 Å².